The first-order valence-electron chi connectivity index (χ1n) is 8.70. The van der Waals surface area contributed by atoms with Gasteiger partial charge in [-0.15, -0.1) is 0 Å². The van der Waals surface area contributed by atoms with Crippen LogP contribution in [0.3, 0.4) is 0 Å². The van der Waals surface area contributed by atoms with Crippen LogP contribution in [0.15, 0.2) is 48.7 Å². The van der Waals surface area contributed by atoms with Gasteiger partial charge in [0.25, 0.3) is 5.91 Å². The molecule has 0 spiro atoms. The Morgan fingerprint density at radius 2 is 1.96 bits per heavy atom. The molecule has 0 saturated heterocycles. The lowest BCUT2D eigenvalue weighted by atomic mass is 10.1. The van der Waals surface area contributed by atoms with Crippen LogP contribution in [-0.4, -0.2) is 32.4 Å². The van der Waals surface area contributed by atoms with Gasteiger partial charge in [0.05, 0.1) is 17.6 Å². The molecule has 0 aliphatic carbocycles. The van der Waals surface area contributed by atoms with Crippen LogP contribution < -0.4 is 0 Å². The number of carbonyl (C=O) groups is 1. The maximum absolute atomic E-state index is 12.6. The van der Waals surface area contributed by atoms with E-state index in [-0.39, 0.29) is 5.91 Å². The minimum atomic E-state index is -0.0947. The van der Waals surface area contributed by atoms with E-state index in [1.807, 2.05) is 30.3 Å². The molecule has 0 aliphatic rings. The van der Waals surface area contributed by atoms with E-state index in [0.29, 0.717) is 18.2 Å². The third kappa shape index (κ3) is 3.71. The molecule has 130 valence electrons. The number of amides is 1. The SMILES string of the molecule is CCC(C)Cn1c(CN(C)C(=O)c2ccccn2)nc2ccccc21. The molecular weight excluding hydrogens is 312 g/mol. The smallest absolute Gasteiger partial charge is 0.272 e. The Labute approximate surface area is 148 Å². The molecule has 0 bridgehead atoms. The number of para-hydroxylation sites is 2. The monoisotopic (exact) mass is 336 g/mol. The van der Waals surface area contributed by atoms with Gasteiger partial charge in [-0.25, -0.2) is 4.98 Å². The predicted octanol–water partition coefficient (Wildman–Crippen LogP) is 3.75. The van der Waals surface area contributed by atoms with E-state index in [1.54, 1.807) is 24.2 Å². The van der Waals surface area contributed by atoms with Crippen molar-refractivity contribution in [1.82, 2.24) is 19.4 Å². The van der Waals surface area contributed by atoms with E-state index in [1.165, 1.54) is 0 Å². The molecule has 5 nitrogen and oxygen atoms in total. The number of benzene rings is 1. The van der Waals surface area contributed by atoms with Gasteiger partial charge in [0.15, 0.2) is 0 Å². The summed E-state index contributed by atoms with van der Waals surface area (Å²) in [6, 6.07) is 13.5. The molecular formula is C20H24N4O. The summed E-state index contributed by atoms with van der Waals surface area (Å²) >= 11 is 0. The zero-order chi connectivity index (χ0) is 17.8. The summed E-state index contributed by atoms with van der Waals surface area (Å²) in [5.41, 5.74) is 2.55. The molecule has 0 radical (unpaired) electrons. The molecule has 3 aromatic rings. The van der Waals surface area contributed by atoms with Gasteiger partial charge in [-0.2, -0.15) is 0 Å². The number of imidazole rings is 1. The van der Waals surface area contributed by atoms with Crippen LogP contribution in [0.2, 0.25) is 0 Å². The summed E-state index contributed by atoms with van der Waals surface area (Å²) in [6.45, 7) is 5.79. The maximum atomic E-state index is 12.6. The number of nitrogens with zero attached hydrogens (tertiary/aromatic N) is 4. The van der Waals surface area contributed by atoms with Crippen molar-refractivity contribution in [2.75, 3.05) is 7.05 Å². The number of pyridine rings is 1. The first kappa shape index (κ1) is 17.1. The molecule has 2 aromatic heterocycles. The molecule has 1 atom stereocenters. The summed E-state index contributed by atoms with van der Waals surface area (Å²) in [5, 5.41) is 0. The van der Waals surface area contributed by atoms with Gasteiger partial charge in [0.1, 0.15) is 11.5 Å². The summed E-state index contributed by atoms with van der Waals surface area (Å²) in [7, 11) is 1.80. The highest BCUT2D eigenvalue weighted by atomic mass is 16.2. The Morgan fingerprint density at radius 3 is 2.68 bits per heavy atom. The summed E-state index contributed by atoms with van der Waals surface area (Å²) < 4.78 is 2.24. The lowest BCUT2D eigenvalue weighted by Crippen LogP contribution is -2.28. The van der Waals surface area contributed by atoms with E-state index in [2.05, 4.69) is 29.5 Å². The normalized spacial score (nSPS) is 12.3. The topological polar surface area (TPSA) is 51.0 Å². The van der Waals surface area contributed by atoms with Gasteiger partial charge >= 0.3 is 0 Å². The third-order valence-electron chi connectivity index (χ3n) is 4.53. The Balaban J connectivity index is 1.89. The second-order valence-electron chi connectivity index (χ2n) is 6.52. The lowest BCUT2D eigenvalue weighted by Gasteiger charge is -2.19. The molecule has 2 heterocycles. The molecule has 0 aliphatic heterocycles. The van der Waals surface area contributed by atoms with E-state index >= 15 is 0 Å². The summed E-state index contributed by atoms with van der Waals surface area (Å²) in [4.78, 5) is 23.2. The van der Waals surface area contributed by atoms with Crippen molar-refractivity contribution in [3.63, 3.8) is 0 Å². The van der Waals surface area contributed by atoms with Gasteiger partial charge < -0.3 is 9.47 Å². The lowest BCUT2D eigenvalue weighted by molar-refractivity contribution is 0.0774. The van der Waals surface area contributed by atoms with E-state index in [0.717, 1.165) is 29.8 Å². The van der Waals surface area contributed by atoms with Crippen LogP contribution in [0.1, 0.15) is 36.6 Å². The fraction of sp³-hybridized carbons (Fsp3) is 0.350. The van der Waals surface area contributed by atoms with Gasteiger partial charge in [0.2, 0.25) is 0 Å². The van der Waals surface area contributed by atoms with Crippen LogP contribution in [0.25, 0.3) is 11.0 Å². The highest BCUT2D eigenvalue weighted by Crippen LogP contribution is 2.20. The zero-order valence-electron chi connectivity index (χ0n) is 15.0. The largest absolute Gasteiger partial charge is 0.333 e. The van der Waals surface area contributed by atoms with E-state index < -0.39 is 0 Å². The molecule has 1 aromatic carbocycles. The minimum absolute atomic E-state index is 0.0947. The minimum Gasteiger partial charge on any atom is -0.333 e. The van der Waals surface area contributed by atoms with Crippen molar-refractivity contribution in [2.24, 2.45) is 5.92 Å². The molecule has 1 unspecified atom stereocenters. The van der Waals surface area contributed by atoms with Gasteiger partial charge in [-0.05, 0) is 30.2 Å². The van der Waals surface area contributed by atoms with Crippen molar-refractivity contribution in [1.29, 1.82) is 0 Å². The zero-order valence-corrected chi connectivity index (χ0v) is 15.0. The predicted molar refractivity (Wildman–Crippen MR) is 99.2 cm³/mol. The summed E-state index contributed by atoms with van der Waals surface area (Å²) in [5.74, 6) is 1.36. The third-order valence-corrected chi connectivity index (χ3v) is 4.53. The second kappa shape index (κ2) is 7.47. The highest BCUT2D eigenvalue weighted by molar-refractivity contribution is 5.92. The van der Waals surface area contributed by atoms with Crippen LogP contribution in [-0.2, 0) is 13.1 Å². The number of rotatable bonds is 6. The molecule has 5 heteroatoms. The molecule has 1 amide bonds. The van der Waals surface area contributed by atoms with Gasteiger partial charge in [0, 0.05) is 19.8 Å². The molecule has 0 N–H and O–H groups in total. The maximum Gasteiger partial charge on any atom is 0.272 e. The first-order valence-corrected chi connectivity index (χ1v) is 8.70. The van der Waals surface area contributed by atoms with Crippen molar-refractivity contribution in [3.05, 3.63) is 60.2 Å². The van der Waals surface area contributed by atoms with Crippen LogP contribution in [0, 0.1) is 5.92 Å². The standard InChI is InChI=1S/C20H24N4O/c1-4-15(2)13-24-18-11-6-5-9-16(18)22-19(24)14-23(3)20(25)17-10-7-8-12-21-17/h5-12,15H,4,13-14H2,1-3H3. The molecule has 25 heavy (non-hydrogen) atoms. The molecule has 3 rings (SSSR count). The molecule has 0 fully saturated rings. The average Bonchev–Trinajstić information content (AvgIpc) is 2.98. The molecule has 0 saturated carbocycles. The highest BCUT2D eigenvalue weighted by Gasteiger charge is 2.18. The average molecular weight is 336 g/mol. The second-order valence-corrected chi connectivity index (χ2v) is 6.52. The first-order chi connectivity index (χ1) is 12.1. The van der Waals surface area contributed by atoms with Crippen LogP contribution in [0.5, 0.6) is 0 Å². The number of fused-ring (bicyclic) bond motifs is 1. The Kier molecular flexibility index (Phi) is 5.12. The van der Waals surface area contributed by atoms with Gasteiger partial charge in [-0.1, -0.05) is 38.5 Å². The number of hydrogen-bond donors (Lipinski definition) is 0. The fourth-order valence-electron chi connectivity index (χ4n) is 2.86. The van der Waals surface area contributed by atoms with Crippen molar-refractivity contribution < 1.29 is 4.79 Å². The summed E-state index contributed by atoms with van der Waals surface area (Å²) in [6.07, 6.45) is 2.74. The quantitative estimate of drug-likeness (QED) is 0.689. The Morgan fingerprint density at radius 1 is 1.20 bits per heavy atom. The van der Waals surface area contributed by atoms with Gasteiger partial charge in [-0.3, -0.25) is 9.78 Å². The van der Waals surface area contributed by atoms with Crippen molar-refractivity contribution in [2.45, 2.75) is 33.4 Å². The van der Waals surface area contributed by atoms with Crippen molar-refractivity contribution >= 4 is 16.9 Å². The fourth-order valence-corrected chi connectivity index (χ4v) is 2.86. The number of hydrogen-bond acceptors (Lipinski definition) is 3. The number of carbonyl (C=O) groups excluding carboxylic acids is 1. The van der Waals surface area contributed by atoms with Crippen LogP contribution >= 0.6 is 0 Å². The van der Waals surface area contributed by atoms with E-state index in [9.17, 15) is 4.79 Å². The van der Waals surface area contributed by atoms with Crippen LogP contribution in [0.4, 0.5) is 0 Å². The Bertz CT molecular complexity index is 857. The Hall–Kier alpha value is -2.69. The van der Waals surface area contributed by atoms with Crippen molar-refractivity contribution in [3.8, 4) is 0 Å². The van der Waals surface area contributed by atoms with E-state index in [4.69, 9.17) is 4.98 Å². The number of aromatic nitrogens is 3.